The molecule has 11 heteroatoms. The summed E-state index contributed by atoms with van der Waals surface area (Å²) >= 11 is 0. The molecule has 0 bridgehead atoms. The van der Waals surface area contributed by atoms with Crippen molar-refractivity contribution in [3.05, 3.63) is 83.8 Å². The van der Waals surface area contributed by atoms with Gasteiger partial charge in [-0.05, 0) is 48.1 Å². The molecule has 6 rings (SSSR count). The van der Waals surface area contributed by atoms with Crippen molar-refractivity contribution >= 4 is 30.1 Å². The van der Waals surface area contributed by atoms with E-state index in [1.807, 2.05) is 18.3 Å². The molecule has 2 aromatic carbocycles. The Labute approximate surface area is 239 Å². The number of hydrogen-bond acceptors (Lipinski definition) is 8. The Morgan fingerprint density at radius 3 is 2.61 bits per heavy atom. The SMILES string of the molecule is BC(Nc1cc(-c2cn[nH]c2)c2ncc(C#N)c(NCC(C)(C)C)c2c1)(C1=CN(C2CC2)NN1)c1ccc(F)cc1. The molecule has 1 aliphatic carbocycles. The van der Waals surface area contributed by atoms with Gasteiger partial charge in [0.1, 0.15) is 19.7 Å². The molecule has 208 valence electrons. The maximum absolute atomic E-state index is 14.0. The van der Waals surface area contributed by atoms with Crippen molar-refractivity contribution in [2.75, 3.05) is 17.2 Å². The smallest absolute Gasteiger partial charge is 0.148 e. The molecule has 1 aliphatic heterocycles. The summed E-state index contributed by atoms with van der Waals surface area (Å²) in [6, 6.07) is 13.4. The Morgan fingerprint density at radius 2 is 1.95 bits per heavy atom. The van der Waals surface area contributed by atoms with E-state index in [1.165, 1.54) is 12.1 Å². The molecule has 0 saturated heterocycles. The Kier molecular flexibility index (Phi) is 6.58. The lowest BCUT2D eigenvalue weighted by Gasteiger charge is -2.34. The van der Waals surface area contributed by atoms with Crippen LogP contribution >= 0.6 is 0 Å². The number of halogens is 1. The quantitative estimate of drug-likeness (QED) is 0.207. The van der Waals surface area contributed by atoms with Gasteiger partial charge in [0.25, 0.3) is 0 Å². The Morgan fingerprint density at radius 1 is 1.17 bits per heavy atom. The largest absolute Gasteiger partial charge is 0.383 e. The van der Waals surface area contributed by atoms with Crippen molar-refractivity contribution in [3.63, 3.8) is 0 Å². The molecular formula is C30H33BFN9. The molecule has 1 fully saturated rings. The summed E-state index contributed by atoms with van der Waals surface area (Å²) in [5.41, 5.74) is 12.2. The Hall–Kier alpha value is -4.56. The second kappa shape index (κ2) is 10.1. The number of nitrogens with one attached hydrogen (secondary N) is 5. The van der Waals surface area contributed by atoms with E-state index in [0.717, 1.165) is 57.5 Å². The van der Waals surface area contributed by atoms with Crippen LogP contribution in [0.5, 0.6) is 0 Å². The van der Waals surface area contributed by atoms with Gasteiger partial charge in [0, 0.05) is 53.4 Å². The maximum Gasteiger partial charge on any atom is 0.148 e. The predicted octanol–water partition coefficient (Wildman–Crippen LogP) is 4.32. The summed E-state index contributed by atoms with van der Waals surface area (Å²) in [6.07, 6.45) is 9.57. The molecule has 2 aromatic heterocycles. The highest BCUT2D eigenvalue weighted by molar-refractivity contribution is 6.19. The molecule has 1 atom stereocenters. The van der Waals surface area contributed by atoms with Crippen LogP contribution in [-0.2, 0) is 5.44 Å². The molecule has 4 aromatic rings. The Bertz CT molecular complexity index is 1650. The van der Waals surface area contributed by atoms with Crippen LogP contribution in [0.25, 0.3) is 22.0 Å². The van der Waals surface area contributed by atoms with Crippen LogP contribution in [0.3, 0.4) is 0 Å². The monoisotopic (exact) mass is 549 g/mol. The number of aromatic amines is 1. The standard InChI is InChI=1S/C30H33BFN9/c1-29(2,3)17-35-27-18(12-33)13-34-28-24(19-14-36-37-15-19)10-22(11-25(27)28)38-30(31,20-4-6-21(32)7-5-20)26-16-41(40-39-26)23-8-9-23/h4-7,10-11,13-16,23,38-40H,8-9,17,31H2,1-3H3,(H,34,35)(H,36,37). The van der Waals surface area contributed by atoms with Gasteiger partial charge in [0.05, 0.1) is 34.1 Å². The second-order valence-electron chi connectivity index (χ2n) is 12.2. The van der Waals surface area contributed by atoms with E-state index < -0.39 is 5.44 Å². The molecule has 5 N–H and O–H groups in total. The van der Waals surface area contributed by atoms with Crippen LogP contribution in [0.1, 0.15) is 44.7 Å². The van der Waals surface area contributed by atoms with E-state index >= 15 is 0 Å². The average Bonchev–Trinajstić information content (AvgIpc) is 3.42. The summed E-state index contributed by atoms with van der Waals surface area (Å²) in [5, 5.41) is 27.3. The molecule has 9 nitrogen and oxygen atoms in total. The third-order valence-electron chi connectivity index (χ3n) is 7.58. The highest BCUT2D eigenvalue weighted by Crippen LogP contribution is 2.39. The number of anilines is 2. The molecule has 0 spiro atoms. The first-order chi connectivity index (χ1) is 19.6. The Balaban J connectivity index is 1.52. The van der Waals surface area contributed by atoms with Gasteiger partial charge in [-0.1, -0.05) is 32.9 Å². The number of benzene rings is 2. The lowest BCUT2D eigenvalue weighted by Crippen LogP contribution is -2.45. The summed E-state index contributed by atoms with van der Waals surface area (Å²) in [4.78, 5) is 4.72. The van der Waals surface area contributed by atoms with Crippen LogP contribution in [0.15, 0.2) is 66.9 Å². The van der Waals surface area contributed by atoms with Crippen LogP contribution in [0.4, 0.5) is 15.8 Å². The minimum Gasteiger partial charge on any atom is -0.383 e. The van der Waals surface area contributed by atoms with Gasteiger partial charge < -0.3 is 16.1 Å². The summed E-state index contributed by atoms with van der Waals surface area (Å²) in [6.45, 7) is 7.12. The lowest BCUT2D eigenvalue weighted by atomic mass is 9.69. The second-order valence-corrected chi connectivity index (χ2v) is 12.2. The number of aromatic nitrogens is 3. The van der Waals surface area contributed by atoms with Gasteiger partial charge >= 0.3 is 0 Å². The van der Waals surface area contributed by atoms with Crippen LogP contribution < -0.4 is 21.6 Å². The fourth-order valence-corrected chi connectivity index (χ4v) is 5.12. The number of rotatable bonds is 8. The third kappa shape index (κ3) is 5.31. The van der Waals surface area contributed by atoms with Crippen molar-refractivity contribution in [1.29, 1.82) is 5.26 Å². The first-order valence-corrected chi connectivity index (χ1v) is 13.8. The van der Waals surface area contributed by atoms with Gasteiger partial charge in [-0.2, -0.15) is 10.4 Å². The topological polar surface area (TPSA) is 117 Å². The summed E-state index contributed by atoms with van der Waals surface area (Å²) in [5.74, 6) is -0.292. The number of hydrazine groups is 2. The zero-order valence-corrected chi connectivity index (χ0v) is 23.6. The first kappa shape index (κ1) is 26.7. The number of H-pyrrole nitrogens is 1. The highest BCUT2D eigenvalue weighted by atomic mass is 19.1. The molecule has 41 heavy (non-hydrogen) atoms. The minimum absolute atomic E-state index is 0.00618. The molecule has 1 saturated carbocycles. The normalized spacial score (nSPS) is 16.6. The number of nitrogens with zero attached hydrogens (tertiary/aromatic N) is 4. The summed E-state index contributed by atoms with van der Waals surface area (Å²) in [7, 11) is 2.07. The van der Waals surface area contributed by atoms with Crippen molar-refractivity contribution in [2.45, 2.75) is 45.1 Å². The van der Waals surface area contributed by atoms with E-state index in [9.17, 15) is 9.65 Å². The van der Waals surface area contributed by atoms with Crippen molar-refractivity contribution in [2.24, 2.45) is 5.41 Å². The third-order valence-corrected chi connectivity index (χ3v) is 7.58. The van der Waals surface area contributed by atoms with Gasteiger partial charge in [0.2, 0.25) is 0 Å². The van der Waals surface area contributed by atoms with Crippen molar-refractivity contribution in [1.82, 2.24) is 31.2 Å². The fourth-order valence-electron chi connectivity index (χ4n) is 5.12. The van der Waals surface area contributed by atoms with Crippen molar-refractivity contribution in [3.8, 4) is 17.2 Å². The van der Waals surface area contributed by atoms with Gasteiger partial charge in [-0.3, -0.25) is 15.1 Å². The molecule has 2 aliphatic rings. The molecule has 0 amide bonds. The van der Waals surface area contributed by atoms with Gasteiger partial charge in [0.15, 0.2) is 0 Å². The van der Waals surface area contributed by atoms with Crippen LogP contribution in [-0.4, -0.2) is 40.6 Å². The average molecular weight is 549 g/mol. The highest BCUT2D eigenvalue weighted by Gasteiger charge is 2.38. The number of fused-ring (bicyclic) bond motifs is 1. The first-order valence-electron chi connectivity index (χ1n) is 13.8. The maximum atomic E-state index is 14.0. The number of pyridine rings is 1. The van der Waals surface area contributed by atoms with E-state index in [0.29, 0.717) is 18.2 Å². The van der Waals surface area contributed by atoms with E-state index in [1.54, 1.807) is 24.5 Å². The number of hydrogen-bond donors (Lipinski definition) is 5. The van der Waals surface area contributed by atoms with E-state index in [-0.39, 0.29) is 11.2 Å². The van der Waals surface area contributed by atoms with E-state index in [4.69, 9.17) is 4.98 Å². The molecule has 0 radical (unpaired) electrons. The lowest BCUT2D eigenvalue weighted by molar-refractivity contribution is 0.260. The number of nitriles is 1. The van der Waals surface area contributed by atoms with Crippen LogP contribution in [0.2, 0.25) is 0 Å². The zero-order valence-electron chi connectivity index (χ0n) is 23.6. The van der Waals surface area contributed by atoms with Crippen LogP contribution in [0, 0.1) is 22.6 Å². The summed E-state index contributed by atoms with van der Waals surface area (Å²) < 4.78 is 14.0. The zero-order chi connectivity index (χ0) is 28.8. The van der Waals surface area contributed by atoms with E-state index in [2.05, 4.69) is 77.7 Å². The van der Waals surface area contributed by atoms with Gasteiger partial charge in [-0.25, -0.2) is 4.39 Å². The molecule has 3 heterocycles. The predicted molar refractivity (Wildman–Crippen MR) is 161 cm³/mol. The fraction of sp³-hybridized carbons (Fsp3) is 0.300. The van der Waals surface area contributed by atoms with Gasteiger partial charge in [-0.15, -0.1) is 5.53 Å². The molecule has 1 unspecified atom stereocenters. The van der Waals surface area contributed by atoms with Crippen molar-refractivity contribution < 1.29 is 4.39 Å². The minimum atomic E-state index is -0.759. The molecular weight excluding hydrogens is 516 g/mol.